The summed E-state index contributed by atoms with van der Waals surface area (Å²) in [5.41, 5.74) is 0.448. The second-order valence-corrected chi connectivity index (χ2v) is 5.30. The number of nitrogens with zero attached hydrogens (tertiary/aromatic N) is 1. The summed E-state index contributed by atoms with van der Waals surface area (Å²) in [6, 6.07) is 8.79. The van der Waals surface area contributed by atoms with Crippen molar-refractivity contribution in [3.8, 4) is 6.07 Å². The number of benzene rings is 2. The predicted molar refractivity (Wildman–Crippen MR) is 77.6 cm³/mol. The van der Waals surface area contributed by atoms with E-state index in [1.807, 2.05) is 0 Å². The lowest BCUT2D eigenvalue weighted by Gasteiger charge is -2.11. The molecule has 0 unspecified atom stereocenters. The van der Waals surface area contributed by atoms with Crippen molar-refractivity contribution in [2.24, 2.45) is 0 Å². The molecule has 2 nitrogen and oxygen atoms in total. The zero-order valence-corrected chi connectivity index (χ0v) is 12.4. The Morgan fingerprint density at radius 2 is 1.85 bits per heavy atom. The molecule has 102 valence electrons. The maximum Gasteiger partial charge on any atom is 0.132 e. The van der Waals surface area contributed by atoms with Crippen LogP contribution < -0.4 is 5.32 Å². The van der Waals surface area contributed by atoms with Crippen molar-refractivity contribution in [1.82, 2.24) is 0 Å². The first-order valence-corrected chi connectivity index (χ1v) is 6.75. The molecule has 0 radical (unpaired) electrons. The smallest absolute Gasteiger partial charge is 0.132 e. The number of rotatable bonds is 3. The number of halogens is 4. The molecule has 6 heteroatoms. The van der Waals surface area contributed by atoms with Crippen molar-refractivity contribution >= 4 is 33.2 Å². The molecule has 2 aromatic carbocycles. The van der Waals surface area contributed by atoms with Crippen LogP contribution in [0.1, 0.15) is 11.1 Å². The van der Waals surface area contributed by atoms with E-state index in [-0.39, 0.29) is 17.7 Å². The highest BCUT2D eigenvalue weighted by molar-refractivity contribution is 9.10. The van der Waals surface area contributed by atoms with Gasteiger partial charge in [-0.3, -0.25) is 0 Å². The zero-order chi connectivity index (χ0) is 14.7. The third-order valence-corrected chi connectivity index (χ3v) is 3.58. The Balaban J connectivity index is 2.23. The molecule has 0 aliphatic carbocycles. The molecule has 0 bridgehead atoms. The van der Waals surface area contributed by atoms with Crippen LogP contribution in [0, 0.1) is 23.0 Å². The van der Waals surface area contributed by atoms with Gasteiger partial charge in [-0.05, 0) is 46.3 Å². The van der Waals surface area contributed by atoms with Gasteiger partial charge in [-0.2, -0.15) is 5.26 Å². The van der Waals surface area contributed by atoms with Crippen molar-refractivity contribution in [3.05, 3.63) is 62.6 Å². The first-order chi connectivity index (χ1) is 9.51. The summed E-state index contributed by atoms with van der Waals surface area (Å²) < 4.78 is 28.2. The predicted octanol–water partition coefficient (Wildman–Crippen LogP) is 4.86. The van der Waals surface area contributed by atoms with Gasteiger partial charge in [0.2, 0.25) is 0 Å². The van der Waals surface area contributed by atoms with Gasteiger partial charge >= 0.3 is 0 Å². The molecular formula is C14H8BrClF2N2. The lowest BCUT2D eigenvalue weighted by molar-refractivity contribution is 0.559. The van der Waals surface area contributed by atoms with Gasteiger partial charge in [0.1, 0.15) is 11.6 Å². The van der Waals surface area contributed by atoms with Crippen LogP contribution in [-0.2, 0) is 6.54 Å². The highest BCUT2D eigenvalue weighted by Crippen LogP contribution is 2.27. The van der Waals surface area contributed by atoms with E-state index in [9.17, 15) is 8.78 Å². The highest BCUT2D eigenvalue weighted by atomic mass is 79.9. The van der Waals surface area contributed by atoms with Gasteiger partial charge in [0.05, 0.1) is 17.3 Å². The Hall–Kier alpha value is -1.64. The van der Waals surface area contributed by atoms with Crippen molar-refractivity contribution in [1.29, 1.82) is 5.26 Å². The lowest BCUT2D eigenvalue weighted by Crippen LogP contribution is -2.05. The fourth-order valence-corrected chi connectivity index (χ4v) is 2.21. The average Bonchev–Trinajstić information content (AvgIpc) is 2.41. The van der Waals surface area contributed by atoms with Crippen LogP contribution in [0.4, 0.5) is 14.5 Å². The van der Waals surface area contributed by atoms with Crippen LogP contribution >= 0.6 is 27.5 Å². The van der Waals surface area contributed by atoms with Crippen LogP contribution in [0.15, 0.2) is 34.8 Å². The fraction of sp³-hybridized carbons (Fsp3) is 0.0714. The Bertz CT molecular complexity index is 675. The van der Waals surface area contributed by atoms with Crippen LogP contribution in [0.3, 0.4) is 0 Å². The first kappa shape index (κ1) is 14.8. The standard InChI is InChI=1S/C14H8BrClF2N2/c15-11-2-1-9(16)5-14(11)20-7-10-12(17)3-8(6-19)4-13(10)18/h1-5,20H,7H2. The van der Waals surface area contributed by atoms with E-state index in [2.05, 4.69) is 21.2 Å². The van der Waals surface area contributed by atoms with Gasteiger partial charge in [-0.15, -0.1) is 0 Å². The van der Waals surface area contributed by atoms with Crippen molar-refractivity contribution < 1.29 is 8.78 Å². The number of hydrogen-bond acceptors (Lipinski definition) is 2. The Morgan fingerprint density at radius 3 is 2.45 bits per heavy atom. The molecule has 2 aromatic rings. The molecule has 0 spiro atoms. The van der Waals surface area contributed by atoms with Crippen molar-refractivity contribution in [2.45, 2.75) is 6.54 Å². The molecular weight excluding hydrogens is 350 g/mol. The normalized spacial score (nSPS) is 10.2. The SMILES string of the molecule is N#Cc1cc(F)c(CNc2cc(Cl)ccc2Br)c(F)c1. The van der Waals surface area contributed by atoms with E-state index < -0.39 is 11.6 Å². The van der Waals surface area contributed by atoms with E-state index in [0.29, 0.717) is 10.7 Å². The first-order valence-electron chi connectivity index (χ1n) is 5.58. The fourth-order valence-electron chi connectivity index (χ4n) is 1.65. The van der Waals surface area contributed by atoms with Gasteiger partial charge < -0.3 is 5.32 Å². The maximum atomic E-state index is 13.7. The second-order valence-electron chi connectivity index (χ2n) is 4.01. The number of nitriles is 1. The van der Waals surface area contributed by atoms with Crippen LogP contribution in [-0.4, -0.2) is 0 Å². The van der Waals surface area contributed by atoms with Crippen molar-refractivity contribution in [2.75, 3.05) is 5.32 Å². The topological polar surface area (TPSA) is 35.8 Å². The summed E-state index contributed by atoms with van der Waals surface area (Å²) in [6.07, 6.45) is 0. The molecule has 2 rings (SSSR count). The number of anilines is 1. The summed E-state index contributed by atoms with van der Waals surface area (Å²) >= 11 is 9.17. The summed E-state index contributed by atoms with van der Waals surface area (Å²) in [4.78, 5) is 0. The second kappa shape index (κ2) is 6.21. The molecule has 0 aliphatic heterocycles. The third kappa shape index (κ3) is 3.27. The highest BCUT2D eigenvalue weighted by Gasteiger charge is 2.11. The number of hydrogen-bond donors (Lipinski definition) is 1. The average molecular weight is 358 g/mol. The van der Waals surface area contributed by atoms with E-state index in [1.54, 1.807) is 24.3 Å². The van der Waals surface area contributed by atoms with Gasteiger partial charge in [0.25, 0.3) is 0 Å². The molecule has 0 fully saturated rings. The van der Waals surface area contributed by atoms with E-state index in [1.165, 1.54) is 0 Å². The summed E-state index contributed by atoms with van der Waals surface area (Å²) in [7, 11) is 0. The quantitative estimate of drug-likeness (QED) is 0.851. The Morgan fingerprint density at radius 1 is 1.20 bits per heavy atom. The Kier molecular flexibility index (Phi) is 4.58. The largest absolute Gasteiger partial charge is 0.380 e. The van der Waals surface area contributed by atoms with E-state index >= 15 is 0 Å². The molecule has 0 aromatic heterocycles. The minimum absolute atomic E-state index is 0.0484. The Labute approximate surface area is 128 Å². The molecule has 0 aliphatic rings. The van der Waals surface area contributed by atoms with Crippen LogP contribution in [0.5, 0.6) is 0 Å². The van der Waals surface area contributed by atoms with E-state index in [0.717, 1.165) is 16.6 Å². The minimum atomic E-state index is -0.757. The molecule has 0 saturated heterocycles. The molecule has 0 amide bonds. The van der Waals surface area contributed by atoms with Crippen LogP contribution in [0.2, 0.25) is 5.02 Å². The zero-order valence-electron chi connectivity index (χ0n) is 10.1. The van der Waals surface area contributed by atoms with Gasteiger partial charge in [0.15, 0.2) is 0 Å². The van der Waals surface area contributed by atoms with Crippen LogP contribution in [0.25, 0.3) is 0 Å². The molecule has 0 heterocycles. The van der Waals surface area contributed by atoms with Gasteiger partial charge in [-0.25, -0.2) is 8.78 Å². The lowest BCUT2D eigenvalue weighted by atomic mass is 10.1. The summed E-state index contributed by atoms with van der Waals surface area (Å²) in [5, 5.41) is 12.0. The third-order valence-electron chi connectivity index (χ3n) is 2.65. The number of nitrogens with one attached hydrogen (secondary N) is 1. The summed E-state index contributed by atoms with van der Waals surface area (Å²) in [6.45, 7) is -0.0533. The molecule has 1 N–H and O–H groups in total. The summed E-state index contributed by atoms with van der Waals surface area (Å²) in [5.74, 6) is -1.51. The van der Waals surface area contributed by atoms with Gasteiger partial charge in [0, 0.05) is 21.6 Å². The van der Waals surface area contributed by atoms with E-state index in [4.69, 9.17) is 16.9 Å². The maximum absolute atomic E-state index is 13.7. The molecule has 20 heavy (non-hydrogen) atoms. The molecule has 0 atom stereocenters. The monoisotopic (exact) mass is 356 g/mol. The molecule has 0 saturated carbocycles. The van der Waals surface area contributed by atoms with Crippen molar-refractivity contribution in [3.63, 3.8) is 0 Å². The minimum Gasteiger partial charge on any atom is -0.380 e. The van der Waals surface area contributed by atoms with Gasteiger partial charge in [-0.1, -0.05) is 11.6 Å².